The molecule has 2 amide bonds. The maximum atomic E-state index is 12.0. The third-order valence-corrected chi connectivity index (χ3v) is 6.07. The van der Waals surface area contributed by atoms with E-state index in [1.54, 1.807) is 39.5 Å². The maximum Gasteiger partial charge on any atom is 1.00 e. The van der Waals surface area contributed by atoms with E-state index < -0.39 is 29.2 Å². The van der Waals surface area contributed by atoms with Gasteiger partial charge in [0.15, 0.2) is 0 Å². The molecule has 2 aliphatic heterocycles. The molecule has 2 fully saturated rings. The van der Waals surface area contributed by atoms with Gasteiger partial charge in [0.25, 0.3) is 0 Å². The minimum atomic E-state index is -0.842. The van der Waals surface area contributed by atoms with Gasteiger partial charge in [-0.15, -0.1) is 0 Å². The number of piperidine rings is 2. The number of ketones is 1. The van der Waals surface area contributed by atoms with Crippen LogP contribution in [-0.4, -0.2) is 80.7 Å². The summed E-state index contributed by atoms with van der Waals surface area (Å²) in [6.45, 7) is 17.5. The molecule has 2 heterocycles. The second-order valence-electron chi connectivity index (χ2n) is 11.3. The van der Waals surface area contributed by atoms with Gasteiger partial charge in [0.05, 0.1) is 5.92 Å². The van der Waals surface area contributed by atoms with Crippen LogP contribution in [0.2, 0.25) is 0 Å². The van der Waals surface area contributed by atoms with Gasteiger partial charge in [-0.1, -0.05) is 0 Å². The van der Waals surface area contributed by atoms with E-state index in [4.69, 9.17) is 14.6 Å². The quantitative estimate of drug-likeness (QED) is 0.536. The summed E-state index contributed by atoms with van der Waals surface area (Å²) in [6, 6.07) is -0.368. The standard InChI is InChI=1S/C13H23NO3.C12H21NO4.Na.H2O/c1-9-11(10(2)15)7-6-8-14(9)12(16)17-13(3,4)5;1-8-9(10(14)15)6-5-7-13(8)11(16)17-12(2,3)4;;/h9,11H,6-8H2,1-5H3;8-9H,5-7H2,1-4H3,(H,14,15);;1H2/q;;+1;/p-1/t9-,11+;8-,9+;;/m11../s1. The predicted molar refractivity (Wildman–Crippen MR) is 131 cm³/mol. The third-order valence-electron chi connectivity index (χ3n) is 6.07. The summed E-state index contributed by atoms with van der Waals surface area (Å²) < 4.78 is 10.6. The van der Waals surface area contributed by atoms with Crippen LogP contribution in [0.25, 0.3) is 0 Å². The summed E-state index contributed by atoms with van der Waals surface area (Å²) >= 11 is 0. The Kier molecular flexibility index (Phi) is 15.5. The molecule has 2 N–H and O–H groups in total. The molecule has 10 nitrogen and oxygen atoms in total. The van der Waals surface area contributed by atoms with E-state index in [1.165, 1.54) is 4.90 Å². The van der Waals surface area contributed by atoms with Crippen LogP contribution in [0.4, 0.5) is 9.59 Å². The molecule has 0 saturated carbocycles. The molecule has 4 atom stereocenters. The molecule has 204 valence electrons. The number of nitrogens with zero attached hydrogens (tertiary/aromatic N) is 2. The van der Waals surface area contributed by atoms with E-state index in [0.717, 1.165) is 12.8 Å². The Morgan fingerprint density at radius 3 is 1.39 bits per heavy atom. The number of carboxylic acid groups (broad SMARTS) is 1. The normalized spacial score (nSPS) is 24.1. The number of rotatable bonds is 2. The summed E-state index contributed by atoms with van der Waals surface area (Å²) in [5, 5.41) is 9.06. The fourth-order valence-electron chi connectivity index (χ4n) is 4.32. The molecule has 0 unspecified atom stereocenters. The molecule has 11 heteroatoms. The van der Waals surface area contributed by atoms with Crippen LogP contribution >= 0.6 is 0 Å². The Hall–Kier alpha value is -1.36. The molecule has 2 aliphatic rings. The fraction of sp³-hybridized carbons (Fsp3) is 0.840. The molecular weight excluding hydrogens is 479 g/mol. The van der Waals surface area contributed by atoms with Crippen molar-refractivity contribution in [3.05, 3.63) is 0 Å². The zero-order valence-corrected chi connectivity index (χ0v) is 25.8. The predicted octanol–water partition coefficient (Wildman–Crippen LogP) is 1.54. The topological polar surface area (TPSA) is 143 Å². The van der Waals surface area contributed by atoms with Crippen molar-refractivity contribution in [2.24, 2.45) is 11.8 Å². The largest absolute Gasteiger partial charge is 1.00 e. The molecule has 2 saturated heterocycles. The molecule has 36 heavy (non-hydrogen) atoms. The second kappa shape index (κ2) is 15.1. The first-order valence-electron chi connectivity index (χ1n) is 12.2. The number of ether oxygens (including phenoxy) is 2. The average Bonchev–Trinajstić information content (AvgIpc) is 2.65. The fourth-order valence-corrected chi connectivity index (χ4v) is 4.32. The van der Waals surface area contributed by atoms with Crippen LogP contribution in [0, 0.1) is 11.8 Å². The van der Waals surface area contributed by atoms with Gasteiger partial charge >= 0.3 is 47.7 Å². The molecular formula is C25H45N2NaO8. The van der Waals surface area contributed by atoms with Crippen molar-refractivity contribution in [3.63, 3.8) is 0 Å². The van der Waals surface area contributed by atoms with Gasteiger partial charge in [-0.2, -0.15) is 0 Å². The Bertz CT molecular complexity index is 685. The zero-order chi connectivity index (χ0) is 26.4. The number of carbonyl (C=O) groups excluding carboxylic acids is 3. The summed E-state index contributed by atoms with van der Waals surface area (Å²) in [6.07, 6.45) is 2.34. The summed E-state index contributed by atoms with van der Waals surface area (Å²) in [5.74, 6) is -1.22. The van der Waals surface area contributed by atoms with Crippen molar-refractivity contribution in [1.29, 1.82) is 0 Å². The maximum absolute atomic E-state index is 12.0. The number of aliphatic carboxylic acids is 1. The number of Topliss-reactive ketones (excluding diaryl/α,β-unsaturated/α-hetero) is 1. The smallest absolute Gasteiger partial charge is 0.870 e. The van der Waals surface area contributed by atoms with Crippen molar-refractivity contribution in [1.82, 2.24) is 9.80 Å². The molecule has 0 aliphatic carbocycles. The Labute approximate surface area is 238 Å². The number of hydrogen-bond donors (Lipinski definition) is 1. The van der Waals surface area contributed by atoms with Crippen LogP contribution in [0.15, 0.2) is 0 Å². The molecule has 0 bridgehead atoms. The first-order valence-corrected chi connectivity index (χ1v) is 12.2. The second-order valence-corrected chi connectivity index (χ2v) is 11.3. The van der Waals surface area contributed by atoms with Crippen molar-refractivity contribution in [3.8, 4) is 0 Å². The Morgan fingerprint density at radius 2 is 1.08 bits per heavy atom. The van der Waals surface area contributed by atoms with Crippen LogP contribution in [-0.2, 0) is 19.1 Å². The number of amides is 2. The van der Waals surface area contributed by atoms with E-state index in [2.05, 4.69) is 0 Å². The zero-order valence-electron chi connectivity index (χ0n) is 23.8. The van der Waals surface area contributed by atoms with Crippen molar-refractivity contribution in [2.75, 3.05) is 13.1 Å². The van der Waals surface area contributed by atoms with Crippen LogP contribution in [0.3, 0.4) is 0 Å². The first kappa shape index (κ1) is 36.8. The minimum Gasteiger partial charge on any atom is -0.870 e. The first-order chi connectivity index (χ1) is 15.4. The van der Waals surface area contributed by atoms with Crippen LogP contribution < -0.4 is 29.6 Å². The molecule has 0 aromatic carbocycles. The van der Waals surface area contributed by atoms with E-state index in [0.29, 0.717) is 25.9 Å². The molecule has 0 aromatic heterocycles. The number of hydrogen-bond acceptors (Lipinski definition) is 7. The van der Waals surface area contributed by atoms with Gasteiger partial charge < -0.3 is 29.9 Å². The van der Waals surface area contributed by atoms with Crippen LogP contribution in [0.1, 0.15) is 88.0 Å². The Balaban J connectivity index is 0. The molecule has 0 spiro atoms. The van der Waals surface area contributed by atoms with Gasteiger partial charge in [-0.3, -0.25) is 9.59 Å². The summed E-state index contributed by atoms with van der Waals surface area (Å²) in [5.41, 5.74) is -1.03. The monoisotopic (exact) mass is 524 g/mol. The van der Waals surface area contributed by atoms with Crippen molar-refractivity contribution < 1.29 is 68.8 Å². The van der Waals surface area contributed by atoms with Gasteiger partial charge in [0.2, 0.25) is 0 Å². The van der Waals surface area contributed by atoms with Gasteiger partial charge in [0.1, 0.15) is 17.0 Å². The number of likely N-dealkylation sites (tertiary alicyclic amines) is 2. The number of carbonyl (C=O) groups is 4. The van der Waals surface area contributed by atoms with E-state index in [-0.39, 0.29) is 64.9 Å². The molecule has 0 radical (unpaired) electrons. The van der Waals surface area contributed by atoms with E-state index in [1.807, 2.05) is 27.7 Å². The SMILES string of the molecule is CC(=O)[C@H]1CCCN(C(=O)OC(C)(C)C)[C@@H]1C.C[C@@H]1[C@@H](C(=O)O)CCCN1C(=O)OC(C)(C)C.[Na+].[OH-]. The molecule has 2 rings (SSSR count). The third kappa shape index (κ3) is 11.8. The number of carboxylic acids is 1. The summed E-state index contributed by atoms with van der Waals surface area (Å²) in [4.78, 5) is 49.6. The van der Waals surface area contributed by atoms with E-state index >= 15 is 0 Å². The summed E-state index contributed by atoms with van der Waals surface area (Å²) in [7, 11) is 0. The van der Waals surface area contributed by atoms with Crippen LogP contribution in [0.5, 0.6) is 0 Å². The van der Waals surface area contributed by atoms with Crippen molar-refractivity contribution in [2.45, 2.75) is 111 Å². The van der Waals surface area contributed by atoms with Gasteiger partial charge in [0, 0.05) is 31.1 Å². The van der Waals surface area contributed by atoms with Gasteiger partial charge in [-0.05, 0) is 88.0 Å². The van der Waals surface area contributed by atoms with E-state index in [9.17, 15) is 19.2 Å². The molecule has 0 aromatic rings. The Morgan fingerprint density at radius 1 is 0.750 bits per heavy atom. The average molecular weight is 525 g/mol. The van der Waals surface area contributed by atoms with Gasteiger partial charge in [-0.25, -0.2) is 9.59 Å². The van der Waals surface area contributed by atoms with Crippen molar-refractivity contribution >= 4 is 23.9 Å². The minimum absolute atomic E-state index is 0.